The zero-order valence-electron chi connectivity index (χ0n) is 16.4. The fraction of sp³-hybridized carbons (Fsp3) is 0. The van der Waals surface area contributed by atoms with E-state index in [2.05, 4.69) is 109 Å². The fourth-order valence-corrected chi connectivity index (χ4v) is 5.18. The second-order valence-electron chi connectivity index (χ2n) is 8.20. The van der Waals surface area contributed by atoms with Gasteiger partial charge in [0, 0.05) is 0 Å². The Bertz CT molecular complexity index is 1630. The van der Waals surface area contributed by atoms with Gasteiger partial charge < -0.3 is 0 Å². The quantitative estimate of drug-likeness (QED) is 0.251. The lowest BCUT2D eigenvalue weighted by Gasteiger charge is -2.11. The third kappa shape index (κ3) is 2.11. The Morgan fingerprint density at radius 2 is 0.967 bits per heavy atom. The van der Waals surface area contributed by atoms with Crippen molar-refractivity contribution in [2.24, 2.45) is 0 Å². The maximum absolute atomic E-state index is 2.38. The maximum atomic E-state index is 2.38. The van der Waals surface area contributed by atoms with Gasteiger partial charge in [-0.2, -0.15) is 0 Å². The maximum Gasteiger partial charge on any atom is -0.00264 e. The zero-order chi connectivity index (χ0) is 19.7. The van der Waals surface area contributed by atoms with Crippen LogP contribution in [-0.4, -0.2) is 0 Å². The first-order valence-electron chi connectivity index (χ1n) is 10.5. The van der Waals surface area contributed by atoms with E-state index in [1.165, 1.54) is 65.7 Å². The van der Waals surface area contributed by atoms with Gasteiger partial charge in [-0.25, -0.2) is 0 Å². The van der Waals surface area contributed by atoms with Crippen molar-refractivity contribution in [3.8, 4) is 33.4 Å². The Labute approximate surface area is 175 Å². The zero-order valence-corrected chi connectivity index (χ0v) is 16.4. The van der Waals surface area contributed by atoms with E-state index in [9.17, 15) is 0 Å². The van der Waals surface area contributed by atoms with Gasteiger partial charge in [0.2, 0.25) is 0 Å². The van der Waals surface area contributed by atoms with Crippen molar-refractivity contribution >= 4 is 32.3 Å². The van der Waals surface area contributed by atoms with E-state index in [1.807, 2.05) is 0 Å². The van der Waals surface area contributed by atoms with E-state index >= 15 is 0 Å². The summed E-state index contributed by atoms with van der Waals surface area (Å²) in [4.78, 5) is 0. The molecule has 0 spiro atoms. The molecule has 0 heteroatoms. The molecule has 0 aliphatic heterocycles. The van der Waals surface area contributed by atoms with Crippen LogP contribution < -0.4 is 0 Å². The Balaban J connectivity index is 1.50. The third-order valence-corrected chi connectivity index (χ3v) is 6.56. The number of rotatable bonds is 1. The van der Waals surface area contributed by atoms with Crippen LogP contribution in [0.25, 0.3) is 65.7 Å². The summed E-state index contributed by atoms with van der Waals surface area (Å²) in [6.45, 7) is 0. The van der Waals surface area contributed by atoms with E-state index in [1.54, 1.807) is 0 Å². The Morgan fingerprint density at radius 3 is 1.77 bits per heavy atom. The average molecular weight is 378 g/mol. The number of hydrogen-bond acceptors (Lipinski definition) is 0. The summed E-state index contributed by atoms with van der Waals surface area (Å²) >= 11 is 0. The molecule has 0 radical (unpaired) electrons. The largest absolute Gasteiger partial charge is 0.0616 e. The lowest BCUT2D eigenvalue weighted by atomic mass is 9.93. The summed E-state index contributed by atoms with van der Waals surface area (Å²) in [5.41, 5.74) is 7.97. The predicted molar refractivity (Wildman–Crippen MR) is 129 cm³/mol. The molecule has 7 rings (SSSR count). The summed E-state index contributed by atoms with van der Waals surface area (Å²) in [5.74, 6) is 0. The topological polar surface area (TPSA) is 0 Å². The molecule has 0 aromatic heterocycles. The highest BCUT2D eigenvalue weighted by Gasteiger charge is 2.21. The van der Waals surface area contributed by atoms with Crippen LogP contribution in [0.1, 0.15) is 0 Å². The smallest absolute Gasteiger partial charge is 0.00264 e. The fourth-order valence-electron chi connectivity index (χ4n) is 5.18. The molecule has 1 aliphatic carbocycles. The van der Waals surface area contributed by atoms with E-state index in [0.29, 0.717) is 0 Å². The van der Waals surface area contributed by atoms with Gasteiger partial charge in [0.05, 0.1) is 0 Å². The second kappa shape index (κ2) is 5.81. The first-order valence-corrected chi connectivity index (χ1v) is 10.5. The van der Waals surface area contributed by atoms with E-state index in [-0.39, 0.29) is 0 Å². The number of hydrogen-bond donors (Lipinski definition) is 0. The monoisotopic (exact) mass is 378 g/mol. The molecule has 0 saturated carbocycles. The predicted octanol–water partition coefficient (Wildman–Crippen LogP) is 8.46. The van der Waals surface area contributed by atoms with Crippen LogP contribution in [0.3, 0.4) is 0 Å². The van der Waals surface area contributed by atoms with Crippen LogP contribution in [0.5, 0.6) is 0 Å². The van der Waals surface area contributed by atoms with Crippen molar-refractivity contribution < 1.29 is 0 Å². The molecule has 6 aromatic carbocycles. The molecule has 0 amide bonds. The van der Waals surface area contributed by atoms with Gasteiger partial charge in [-0.15, -0.1) is 0 Å². The van der Waals surface area contributed by atoms with Crippen LogP contribution in [0.15, 0.2) is 109 Å². The Kier molecular flexibility index (Phi) is 3.09. The van der Waals surface area contributed by atoms with Crippen LogP contribution in [0.2, 0.25) is 0 Å². The lowest BCUT2D eigenvalue weighted by Crippen LogP contribution is -1.85. The molecule has 6 aromatic rings. The standard InChI is InChI=1S/C30H18/c1-2-7-21-17-28-22(16-20(21)6-1)10-5-11-24(28)23-14-15-25-26-12-3-8-19-9-4-13-27(30(19)26)29(25)18-23/h1-18H. The molecule has 138 valence electrons. The molecule has 0 fully saturated rings. The van der Waals surface area contributed by atoms with Crippen molar-refractivity contribution in [3.05, 3.63) is 109 Å². The van der Waals surface area contributed by atoms with E-state index < -0.39 is 0 Å². The molecule has 0 unspecified atom stereocenters. The van der Waals surface area contributed by atoms with Crippen LogP contribution >= 0.6 is 0 Å². The minimum atomic E-state index is 1.28. The summed E-state index contributed by atoms with van der Waals surface area (Å²) < 4.78 is 0. The first kappa shape index (κ1) is 16.0. The van der Waals surface area contributed by atoms with Crippen LogP contribution in [0, 0.1) is 0 Å². The van der Waals surface area contributed by atoms with Gasteiger partial charge in [0.25, 0.3) is 0 Å². The third-order valence-electron chi connectivity index (χ3n) is 6.56. The van der Waals surface area contributed by atoms with Crippen LogP contribution in [0.4, 0.5) is 0 Å². The number of fused-ring (bicyclic) bond motifs is 5. The van der Waals surface area contributed by atoms with Gasteiger partial charge in [0.1, 0.15) is 0 Å². The van der Waals surface area contributed by atoms with Crippen LogP contribution in [-0.2, 0) is 0 Å². The van der Waals surface area contributed by atoms with Gasteiger partial charge >= 0.3 is 0 Å². The Morgan fingerprint density at radius 1 is 0.333 bits per heavy atom. The van der Waals surface area contributed by atoms with Gasteiger partial charge in [-0.05, 0) is 83.9 Å². The van der Waals surface area contributed by atoms with Crippen molar-refractivity contribution in [2.45, 2.75) is 0 Å². The normalized spacial score (nSPS) is 12.0. The molecule has 0 saturated heterocycles. The highest BCUT2D eigenvalue weighted by atomic mass is 14.2. The summed E-state index contributed by atoms with van der Waals surface area (Å²) in [5, 5.41) is 7.88. The summed E-state index contributed by atoms with van der Waals surface area (Å²) in [7, 11) is 0. The van der Waals surface area contributed by atoms with Crippen molar-refractivity contribution in [1.82, 2.24) is 0 Å². The molecule has 0 atom stereocenters. The highest BCUT2D eigenvalue weighted by molar-refractivity contribution is 6.16. The van der Waals surface area contributed by atoms with Crippen molar-refractivity contribution in [1.29, 1.82) is 0 Å². The minimum absolute atomic E-state index is 1.28. The first-order chi connectivity index (χ1) is 14.9. The van der Waals surface area contributed by atoms with E-state index in [0.717, 1.165) is 0 Å². The van der Waals surface area contributed by atoms with Gasteiger partial charge in [-0.1, -0.05) is 91.0 Å². The van der Waals surface area contributed by atoms with Crippen molar-refractivity contribution in [3.63, 3.8) is 0 Å². The molecule has 0 nitrogen and oxygen atoms in total. The SMILES string of the molecule is c1ccc2cc3c(-c4ccc5c(c4)-c4cccc6cccc-5c46)cccc3cc2c1. The molecule has 0 N–H and O–H groups in total. The molecule has 0 heterocycles. The molecule has 0 bridgehead atoms. The average Bonchev–Trinajstić information content (AvgIpc) is 3.12. The van der Waals surface area contributed by atoms with E-state index in [4.69, 9.17) is 0 Å². The van der Waals surface area contributed by atoms with Gasteiger partial charge in [-0.3, -0.25) is 0 Å². The van der Waals surface area contributed by atoms with Crippen molar-refractivity contribution in [2.75, 3.05) is 0 Å². The molecule has 30 heavy (non-hydrogen) atoms. The second-order valence-corrected chi connectivity index (χ2v) is 8.20. The summed E-state index contributed by atoms with van der Waals surface area (Å²) in [6.07, 6.45) is 0. The lowest BCUT2D eigenvalue weighted by molar-refractivity contribution is 1.65. The Hall–Kier alpha value is -3.90. The summed E-state index contributed by atoms with van der Waals surface area (Å²) in [6, 6.07) is 40.2. The number of benzene rings is 6. The molecular weight excluding hydrogens is 360 g/mol. The minimum Gasteiger partial charge on any atom is -0.0616 e. The molecular formula is C30H18. The molecule has 1 aliphatic rings. The van der Waals surface area contributed by atoms with Gasteiger partial charge in [0.15, 0.2) is 0 Å². The highest BCUT2D eigenvalue weighted by Crippen LogP contribution is 2.48.